The number of furan rings is 1. The monoisotopic (exact) mass is 861 g/mol. The van der Waals surface area contributed by atoms with Crippen LogP contribution in [-0.2, 0) is 10.8 Å². The summed E-state index contributed by atoms with van der Waals surface area (Å²) in [6, 6.07) is 7.07. The van der Waals surface area contributed by atoms with Gasteiger partial charge in [-0.25, -0.2) is 0 Å². The van der Waals surface area contributed by atoms with Gasteiger partial charge in [0.15, 0.2) is 0 Å². The Hall–Kier alpha value is -4.96. The Morgan fingerprint density at radius 2 is 1.52 bits per heavy atom. The SMILES string of the molecule is C=C/C=C(C=C)/C=C/C(=C\C=C\N/C(C=C(C)C)=C(/CN/C(C=C)=C/C(=C/C(C)C)C(C)(C)CC)B(C(/C=C\CC)=C/C)c1cc2cc3c(cc2o1)C(C)(C)CCC3(C)C)C(C)(C)C. The van der Waals surface area contributed by atoms with E-state index >= 15 is 0 Å². The normalized spacial score (nSPS) is 17.0. The van der Waals surface area contributed by atoms with Crippen molar-refractivity contribution < 1.29 is 4.42 Å². The summed E-state index contributed by atoms with van der Waals surface area (Å²) in [5.74, 6) is 0.414. The highest BCUT2D eigenvalue weighted by molar-refractivity contribution is 6.86. The molecule has 2 N–H and O–H groups in total. The van der Waals surface area contributed by atoms with Crippen molar-refractivity contribution in [2.24, 2.45) is 16.7 Å². The van der Waals surface area contributed by atoms with Crippen molar-refractivity contribution in [1.82, 2.24) is 10.6 Å². The number of allylic oxidation sites excluding steroid dienone is 19. The van der Waals surface area contributed by atoms with E-state index in [0.717, 1.165) is 64.8 Å². The molecule has 1 heterocycles. The zero-order valence-corrected chi connectivity index (χ0v) is 43.1. The van der Waals surface area contributed by atoms with E-state index in [1.165, 1.54) is 33.3 Å². The smallest absolute Gasteiger partial charge is 0.287 e. The molecule has 0 bridgehead atoms. The van der Waals surface area contributed by atoms with Gasteiger partial charge in [0.05, 0.1) is 5.66 Å². The van der Waals surface area contributed by atoms with Gasteiger partial charge in [0, 0.05) is 29.5 Å². The highest BCUT2D eigenvalue weighted by Crippen LogP contribution is 2.47. The van der Waals surface area contributed by atoms with Gasteiger partial charge in [-0.2, -0.15) is 0 Å². The molecule has 2 aromatic rings. The van der Waals surface area contributed by atoms with E-state index in [1.54, 1.807) is 6.08 Å². The molecule has 1 aromatic carbocycles. The average molecular weight is 861 g/mol. The van der Waals surface area contributed by atoms with Crippen LogP contribution >= 0.6 is 0 Å². The molecule has 64 heavy (non-hydrogen) atoms. The van der Waals surface area contributed by atoms with Crippen molar-refractivity contribution >= 4 is 23.3 Å². The molecule has 344 valence electrons. The predicted molar refractivity (Wildman–Crippen MR) is 287 cm³/mol. The fourth-order valence-corrected chi connectivity index (χ4v) is 8.22. The molecule has 0 atom stereocenters. The van der Waals surface area contributed by atoms with Crippen molar-refractivity contribution in [2.75, 3.05) is 6.54 Å². The molecule has 0 radical (unpaired) electrons. The van der Waals surface area contributed by atoms with E-state index in [4.69, 9.17) is 4.42 Å². The average Bonchev–Trinajstić information content (AvgIpc) is 3.64. The molecule has 0 unspecified atom stereocenters. The lowest BCUT2D eigenvalue weighted by atomic mass is 9.37. The number of nitrogens with one attached hydrogen (secondary N) is 2. The third-order valence-electron chi connectivity index (χ3n) is 12.8. The van der Waals surface area contributed by atoms with E-state index in [1.807, 2.05) is 18.2 Å². The van der Waals surface area contributed by atoms with E-state index < -0.39 is 0 Å². The van der Waals surface area contributed by atoms with Crippen LogP contribution in [0.3, 0.4) is 0 Å². The molecular formula is C60H85BN2O. The van der Waals surface area contributed by atoms with Gasteiger partial charge in [0.25, 0.3) is 6.71 Å². The van der Waals surface area contributed by atoms with Gasteiger partial charge >= 0.3 is 0 Å². The fraction of sp³-hybridized carbons (Fsp3) is 0.433. The molecule has 0 amide bonds. The summed E-state index contributed by atoms with van der Waals surface area (Å²) in [5, 5.41) is 8.85. The summed E-state index contributed by atoms with van der Waals surface area (Å²) < 4.78 is 7.14. The first-order valence-electron chi connectivity index (χ1n) is 23.8. The second-order valence-electron chi connectivity index (χ2n) is 21.1. The van der Waals surface area contributed by atoms with Gasteiger partial charge in [0.1, 0.15) is 5.58 Å². The quantitative estimate of drug-likeness (QED) is 0.0970. The number of fused-ring (bicyclic) bond motifs is 2. The predicted octanol–water partition coefficient (Wildman–Crippen LogP) is 16.3. The lowest BCUT2D eigenvalue weighted by Gasteiger charge is -2.41. The maximum absolute atomic E-state index is 7.14. The van der Waals surface area contributed by atoms with Crippen LogP contribution in [0.2, 0.25) is 0 Å². The standard InChI is InChI=1S/C60H85BN2O/c1-20-26-30-49(23-4)61(56-39-46-38-51-52(41-55(46)64-56)60(18,19)34-33-59(51,16)17)53(42-63-50(24-5)40-48(36-43(7)8)58(14,15)25-6)54(37-44(9)10)62-35-27-29-47(57(11,12)13)32-31-45(22-3)28-21-2/h21-24,26-32,35-41,43,62-63H,2-3,5,20,25,33-34,42H2,1,4,6-19H3/b30-26-,32-31+,35-27+,45-28+,47-29+,48-36-,49-23+,50-40+,54-53-. The molecular weight excluding hydrogens is 775 g/mol. The Balaban J connectivity index is 2.45. The number of rotatable bonds is 21. The number of hydrogen-bond acceptors (Lipinski definition) is 3. The molecule has 3 nitrogen and oxygen atoms in total. The first-order chi connectivity index (χ1) is 30.0. The summed E-state index contributed by atoms with van der Waals surface area (Å²) >= 11 is 0. The van der Waals surface area contributed by atoms with Gasteiger partial charge < -0.3 is 15.1 Å². The Morgan fingerprint density at radius 1 is 0.859 bits per heavy atom. The third kappa shape index (κ3) is 14.5. The minimum Gasteiger partial charge on any atom is -0.470 e. The Kier molecular flexibility index (Phi) is 19.4. The summed E-state index contributed by atoms with van der Waals surface area (Å²) in [6.45, 7) is 48.8. The largest absolute Gasteiger partial charge is 0.470 e. The second-order valence-corrected chi connectivity index (χ2v) is 21.1. The molecule has 1 aromatic heterocycles. The first-order valence-corrected chi connectivity index (χ1v) is 23.8. The lowest BCUT2D eigenvalue weighted by Crippen LogP contribution is -2.40. The molecule has 4 heteroatoms. The molecule has 0 fully saturated rings. The Morgan fingerprint density at radius 3 is 2.05 bits per heavy atom. The zero-order valence-electron chi connectivity index (χ0n) is 43.1. The fourth-order valence-electron chi connectivity index (χ4n) is 8.22. The van der Waals surface area contributed by atoms with E-state index in [0.29, 0.717) is 12.5 Å². The molecule has 1 aliphatic rings. The van der Waals surface area contributed by atoms with Crippen molar-refractivity contribution in [1.29, 1.82) is 0 Å². The van der Waals surface area contributed by atoms with Crippen LogP contribution in [0.15, 0.2) is 178 Å². The molecule has 0 saturated heterocycles. The van der Waals surface area contributed by atoms with E-state index in [-0.39, 0.29) is 28.4 Å². The van der Waals surface area contributed by atoms with Gasteiger partial charge in [0.2, 0.25) is 0 Å². The van der Waals surface area contributed by atoms with Crippen LogP contribution in [0.1, 0.15) is 148 Å². The minimum absolute atomic E-state index is 0.00439. The number of hydrogen-bond donors (Lipinski definition) is 2. The van der Waals surface area contributed by atoms with Crippen molar-refractivity contribution in [3.8, 4) is 0 Å². The number of benzene rings is 1. The van der Waals surface area contributed by atoms with Gasteiger partial charge in [-0.05, 0) is 150 Å². The van der Waals surface area contributed by atoms with Gasteiger partial charge in [-0.3, -0.25) is 0 Å². The van der Waals surface area contributed by atoms with Crippen LogP contribution < -0.4 is 16.3 Å². The molecule has 0 aliphatic heterocycles. The Bertz CT molecular complexity index is 2230. The maximum atomic E-state index is 7.14. The van der Waals surface area contributed by atoms with Crippen LogP contribution in [0.25, 0.3) is 11.0 Å². The molecule has 0 spiro atoms. The highest BCUT2D eigenvalue weighted by Gasteiger charge is 2.38. The molecule has 1 aliphatic carbocycles. The minimum atomic E-state index is -0.210. The van der Waals surface area contributed by atoms with E-state index in [2.05, 4.69) is 226 Å². The second kappa shape index (κ2) is 23.3. The highest BCUT2D eigenvalue weighted by atomic mass is 16.3. The lowest BCUT2D eigenvalue weighted by molar-refractivity contribution is 0.332. The molecule has 3 rings (SSSR count). The van der Waals surface area contributed by atoms with Crippen LogP contribution in [0.4, 0.5) is 0 Å². The van der Waals surface area contributed by atoms with Crippen molar-refractivity contribution in [2.45, 2.75) is 147 Å². The third-order valence-corrected chi connectivity index (χ3v) is 12.8. The first kappa shape index (κ1) is 53.4. The van der Waals surface area contributed by atoms with Crippen LogP contribution in [0.5, 0.6) is 0 Å². The van der Waals surface area contributed by atoms with Crippen molar-refractivity contribution in [3.63, 3.8) is 0 Å². The topological polar surface area (TPSA) is 37.2 Å². The van der Waals surface area contributed by atoms with Crippen LogP contribution in [-0.4, -0.2) is 13.3 Å². The zero-order chi connectivity index (χ0) is 48.0. The van der Waals surface area contributed by atoms with Gasteiger partial charge in [-0.15, -0.1) is 0 Å². The summed E-state index contributed by atoms with van der Waals surface area (Å²) in [5.41, 5.74) is 13.8. The van der Waals surface area contributed by atoms with Gasteiger partial charge in [-0.1, -0.05) is 182 Å². The molecule has 0 saturated carbocycles. The summed E-state index contributed by atoms with van der Waals surface area (Å²) in [4.78, 5) is 0. The van der Waals surface area contributed by atoms with Crippen LogP contribution in [0, 0.1) is 16.7 Å². The van der Waals surface area contributed by atoms with Crippen molar-refractivity contribution in [3.05, 3.63) is 185 Å². The maximum Gasteiger partial charge on any atom is 0.287 e. The summed E-state index contributed by atoms with van der Waals surface area (Å²) in [7, 11) is 0. The van der Waals surface area contributed by atoms with E-state index in [9.17, 15) is 0 Å². The Labute approximate surface area is 392 Å². The summed E-state index contributed by atoms with van der Waals surface area (Å²) in [6.07, 6.45) is 36.2.